The molecule has 0 N–H and O–H groups in total. The van der Waals surface area contributed by atoms with Gasteiger partial charge < -0.3 is 4.52 Å². The first-order chi connectivity index (χ1) is 6.38. The van der Waals surface area contributed by atoms with Crippen LogP contribution in [-0.2, 0) is 4.52 Å². The normalized spacial score (nSPS) is 17.5. The Morgan fingerprint density at radius 3 is 2.92 bits per heavy atom. The molecule has 0 heterocycles. The van der Waals surface area contributed by atoms with Gasteiger partial charge in [0, 0.05) is 0 Å². The van der Waals surface area contributed by atoms with Crippen LogP contribution in [0.4, 0.5) is 0 Å². The zero-order valence-corrected chi connectivity index (χ0v) is 10.0. The smallest absolute Gasteiger partial charge is 0.117 e. The molecule has 1 nitrogen and oxygen atoms in total. The summed E-state index contributed by atoms with van der Waals surface area (Å²) in [7, 11) is -0.352. The lowest BCUT2D eigenvalue weighted by atomic mass is 10.5. The van der Waals surface area contributed by atoms with Gasteiger partial charge in [-0.3, -0.25) is 0 Å². The summed E-state index contributed by atoms with van der Waals surface area (Å²) in [6, 6.07) is 0. The van der Waals surface area contributed by atoms with E-state index in [0.29, 0.717) is 0 Å². The topological polar surface area (TPSA) is 9.23 Å². The summed E-state index contributed by atoms with van der Waals surface area (Å²) < 4.78 is 5.84. The molecule has 0 saturated carbocycles. The molecule has 0 aromatic carbocycles. The molecule has 74 valence electrons. The van der Waals surface area contributed by atoms with E-state index >= 15 is 0 Å². The summed E-state index contributed by atoms with van der Waals surface area (Å²) in [5, 5.41) is 1.48. The van der Waals surface area contributed by atoms with Crippen molar-refractivity contribution in [3.05, 3.63) is 23.5 Å². The molecular weight excluding hydrogens is 199 g/mol. The van der Waals surface area contributed by atoms with Gasteiger partial charge in [0.15, 0.2) is 0 Å². The van der Waals surface area contributed by atoms with Gasteiger partial charge in [0.1, 0.15) is 7.35 Å². The molecule has 0 saturated heterocycles. The number of hydrogen-bond acceptors (Lipinski definition) is 2. The van der Waals surface area contributed by atoms with Crippen molar-refractivity contribution in [1.82, 2.24) is 0 Å². The lowest BCUT2D eigenvalue weighted by molar-refractivity contribution is 0.362. The van der Waals surface area contributed by atoms with Gasteiger partial charge in [-0.2, -0.15) is 0 Å². The van der Waals surface area contributed by atoms with E-state index in [1.54, 1.807) is 0 Å². The predicted octanol–water partition coefficient (Wildman–Crippen LogP) is 4.32. The highest BCUT2D eigenvalue weighted by molar-refractivity contribution is 8.55. The van der Waals surface area contributed by atoms with Crippen molar-refractivity contribution in [2.24, 2.45) is 0 Å². The summed E-state index contributed by atoms with van der Waals surface area (Å²) in [6.45, 7) is 5.25. The van der Waals surface area contributed by atoms with Crippen molar-refractivity contribution in [3.8, 4) is 0 Å². The van der Waals surface area contributed by atoms with Gasteiger partial charge in [0.25, 0.3) is 0 Å². The summed E-state index contributed by atoms with van der Waals surface area (Å²) >= 11 is 1.95. The molecule has 1 aliphatic rings. The fourth-order valence-electron chi connectivity index (χ4n) is 1.07. The molecule has 1 aliphatic carbocycles. The van der Waals surface area contributed by atoms with Crippen molar-refractivity contribution in [2.45, 2.75) is 26.7 Å². The Bertz CT molecular complexity index is 201. The first-order valence-corrected chi connectivity index (χ1v) is 7.65. The second-order valence-electron chi connectivity index (χ2n) is 2.80. The minimum Gasteiger partial charge on any atom is -0.344 e. The summed E-state index contributed by atoms with van der Waals surface area (Å²) in [6.07, 6.45) is 8.77. The lowest BCUT2D eigenvalue weighted by Crippen LogP contribution is -1.87. The number of hydrogen-bond donors (Lipinski definition) is 0. The van der Waals surface area contributed by atoms with Crippen molar-refractivity contribution < 1.29 is 4.52 Å². The largest absolute Gasteiger partial charge is 0.344 e. The van der Waals surface area contributed by atoms with Crippen molar-refractivity contribution in [3.63, 3.8) is 0 Å². The SMILES string of the molecule is CCCOP(SCC)C1=CC=CC1. The maximum atomic E-state index is 5.84. The molecule has 1 rings (SSSR count). The summed E-state index contributed by atoms with van der Waals surface area (Å²) in [4.78, 5) is 0. The first kappa shape index (κ1) is 11.3. The van der Waals surface area contributed by atoms with E-state index in [-0.39, 0.29) is 7.35 Å². The average Bonchev–Trinajstić information content (AvgIpc) is 2.65. The van der Waals surface area contributed by atoms with Gasteiger partial charge in [-0.15, -0.1) is 11.4 Å². The van der Waals surface area contributed by atoms with Crippen molar-refractivity contribution >= 4 is 18.7 Å². The summed E-state index contributed by atoms with van der Waals surface area (Å²) in [5.41, 5.74) is 0. The maximum Gasteiger partial charge on any atom is 0.117 e. The lowest BCUT2D eigenvalue weighted by Gasteiger charge is -2.16. The molecule has 0 bridgehead atoms. The second-order valence-corrected chi connectivity index (χ2v) is 6.75. The third-order valence-corrected chi connectivity index (χ3v) is 5.85. The average molecular weight is 216 g/mol. The van der Waals surface area contributed by atoms with Crippen LogP contribution in [0.1, 0.15) is 26.7 Å². The standard InChI is InChI=1S/C10H17OPS/c1-3-9-11-12(13-4-2)10-7-5-6-8-10/h5-7H,3-4,8-9H2,1-2H3. The zero-order valence-electron chi connectivity index (χ0n) is 8.32. The molecule has 0 spiro atoms. The highest BCUT2D eigenvalue weighted by Gasteiger charge is 2.15. The van der Waals surface area contributed by atoms with Crippen LogP contribution >= 0.6 is 18.7 Å². The summed E-state index contributed by atoms with van der Waals surface area (Å²) in [5.74, 6) is 1.15. The van der Waals surface area contributed by atoms with Gasteiger partial charge in [0.2, 0.25) is 0 Å². The monoisotopic (exact) mass is 216 g/mol. The fourth-order valence-corrected chi connectivity index (χ4v) is 4.57. The molecule has 3 heteroatoms. The van der Waals surface area contributed by atoms with Crippen LogP contribution in [0.15, 0.2) is 23.5 Å². The molecule has 1 unspecified atom stereocenters. The minimum atomic E-state index is -0.352. The highest BCUT2D eigenvalue weighted by Crippen LogP contribution is 2.59. The van der Waals surface area contributed by atoms with Crippen LogP contribution in [0.3, 0.4) is 0 Å². The molecule has 0 aromatic rings. The van der Waals surface area contributed by atoms with Gasteiger partial charge in [-0.25, -0.2) is 0 Å². The Balaban J connectivity index is 2.37. The highest BCUT2D eigenvalue weighted by atomic mass is 32.7. The Morgan fingerprint density at radius 2 is 2.38 bits per heavy atom. The van der Waals surface area contributed by atoms with E-state index in [4.69, 9.17) is 4.52 Å². The van der Waals surface area contributed by atoms with Crippen molar-refractivity contribution in [1.29, 1.82) is 0 Å². The Morgan fingerprint density at radius 1 is 1.54 bits per heavy atom. The van der Waals surface area contributed by atoms with Crippen LogP contribution in [0.5, 0.6) is 0 Å². The number of rotatable bonds is 6. The second kappa shape index (κ2) is 6.64. The fraction of sp³-hybridized carbons (Fsp3) is 0.600. The zero-order chi connectivity index (χ0) is 9.52. The molecule has 0 aliphatic heterocycles. The van der Waals surface area contributed by atoms with E-state index in [2.05, 4.69) is 32.1 Å². The molecular formula is C10H17OPS. The molecule has 1 atom stereocenters. The van der Waals surface area contributed by atoms with Crippen LogP contribution in [0.25, 0.3) is 0 Å². The quantitative estimate of drug-likeness (QED) is 0.611. The van der Waals surface area contributed by atoms with Crippen LogP contribution in [-0.4, -0.2) is 12.4 Å². The molecule has 13 heavy (non-hydrogen) atoms. The van der Waals surface area contributed by atoms with Crippen LogP contribution in [0, 0.1) is 0 Å². The van der Waals surface area contributed by atoms with E-state index in [1.165, 1.54) is 5.31 Å². The maximum absolute atomic E-state index is 5.84. The van der Waals surface area contributed by atoms with E-state index in [9.17, 15) is 0 Å². The predicted molar refractivity (Wildman–Crippen MR) is 63.1 cm³/mol. The van der Waals surface area contributed by atoms with E-state index in [1.807, 2.05) is 11.4 Å². The molecule has 0 aromatic heterocycles. The van der Waals surface area contributed by atoms with Crippen molar-refractivity contribution in [2.75, 3.05) is 12.4 Å². The molecule has 0 fully saturated rings. The number of allylic oxidation sites excluding steroid dienone is 4. The first-order valence-electron chi connectivity index (χ1n) is 4.80. The van der Waals surface area contributed by atoms with Gasteiger partial charge in [0.05, 0.1) is 6.61 Å². The Labute approximate surface area is 86.2 Å². The van der Waals surface area contributed by atoms with E-state index < -0.39 is 0 Å². The molecule has 0 radical (unpaired) electrons. The van der Waals surface area contributed by atoms with Gasteiger partial charge in [-0.05, 0) is 23.9 Å². The van der Waals surface area contributed by atoms with Crippen LogP contribution in [0.2, 0.25) is 0 Å². The third-order valence-electron chi connectivity index (χ3n) is 1.65. The van der Waals surface area contributed by atoms with Gasteiger partial charge in [-0.1, -0.05) is 32.1 Å². The minimum absolute atomic E-state index is 0.352. The van der Waals surface area contributed by atoms with E-state index in [0.717, 1.165) is 25.2 Å². The Hall–Kier alpha value is 0.220. The van der Waals surface area contributed by atoms with Gasteiger partial charge >= 0.3 is 0 Å². The third kappa shape index (κ3) is 3.84. The Kier molecular flexibility index (Phi) is 5.77. The van der Waals surface area contributed by atoms with Crippen LogP contribution < -0.4 is 0 Å². The molecule has 0 amide bonds.